The molecule has 100 valence electrons. The predicted octanol–water partition coefficient (Wildman–Crippen LogP) is 5.23. The Bertz CT molecular complexity index is 548. The maximum absolute atomic E-state index is 6.14. The van der Waals surface area contributed by atoms with Crippen molar-refractivity contribution in [1.29, 1.82) is 0 Å². The van der Waals surface area contributed by atoms with E-state index in [-0.39, 0.29) is 0 Å². The van der Waals surface area contributed by atoms with Gasteiger partial charge in [-0.2, -0.15) is 0 Å². The molecule has 2 rings (SSSR count). The fourth-order valence-electron chi connectivity index (χ4n) is 1.94. The van der Waals surface area contributed by atoms with Crippen LogP contribution in [-0.2, 0) is 0 Å². The first-order chi connectivity index (χ1) is 9.13. The van der Waals surface area contributed by atoms with Crippen molar-refractivity contribution >= 4 is 17.3 Å². The Balaban J connectivity index is 2.39. The summed E-state index contributed by atoms with van der Waals surface area (Å²) >= 11 is 6.14. The van der Waals surface area contributed by atoms with E-state index in [9.17, 15) is 0 Å². The van der Waals surface area contributed by atoms with E-state index in [1.807, 2.05) is 24.3 Å². The van der Waals surface area contributed by atoms with Crippen LogP contribution in [0.5, 0.6) is 11.5 Å². The SMILES string of the molecule is CCC(C)c1ccccc1Oc1c(N)cccc1Cl. The monoisotopic (exact) mass is 275 g/mol. The molecule has 0 heterocycles. The third kappa shape index (κ3) is 3.02. The van der Waals surface area contributed by atoms with Gasteiger partial charge in [0.25, 0.3) is 0 Å². The molecule has 0 saturated heterocycles. The van der Waals surface area contributed by atoms with Crippen molar-refractivity contribution in [3.05, 3.63) is 53.1 Å². The van der Waals surface area contributed by atoms with Crippen molar-refractivity contribution in [3.8, 4) is 11.5 Å². The van der Waals surface area contributed by atoms with Crippen LogP contribution < -0.4 is 10.5 Å². The highest BCUT2D eigenvalue weighted by molar-refractivity contribution is 6.32. The summed E-state index contributed by atoms with van der Waals surface area (Å²) < 4.78 is 5.94. The molecule has 0 aromatic heterocycles. The van der Waals surface area contributed by atoms with Crippen molar-refractivity contribution < 1.29 is 4.74 Å². The zero-order valence-corrected chi connectivity index (χ0v) is 11.9. The third-order valence-corrected chi connectivity index (χ3v) is 3.57. The van der Waals surface area contributed by atoms with Gasteiger partial charge in [-0.05, 0) is 36.1 Å². The van der Waals surface area contributed by atoms with Crippen molar-refractivity contribution in [2.75, 3.05) is 5.73 Å². The van der Waals surface area contributed by atoms with Gasteiger partial charge < -0.3 is 10.5 Å². The number of nitrogen functional groups attached to an aromatic ring is 1. The highest BCUT2D eigenvalue weighted by Gasteiger charge is 2.13. The second-order valence-corrected chi connectivity index (χ2v) is 5.01. The summed E-state index contributed by atoms with van der Waals surface area (Å²) in [6, 6.07) is 13.4. The van der Waals surface area contributed by atoms with E-state index in [4.69, 9.17) is 22.1 Å². The van der Waals surface area contributed by atoms with E-state index in [0.717, 1.165) is 12.2 Å². The lowest BCUT2D eigenvalue weighted by Crippen LogP contribution is -1.98. The molecule has 3 heteroatoms. The molecule has 1 atom stereocenters. The van der Waals surface area contributed by atoms with Crippen LogP contribution in [0.15, 0.2) is 42.5 Å². The van der Waals surface area contributed by atoms with Crippen LogP contribution in [0.3, 0.4) is 0 Å². The predicted molar refractivity (Wildman–Crippen MR) is 81.1 cm³/mol. The Morgan fingerprint density at radius 3 is 2.58 bits per heavy atom. The van der Waals surface area contributed by atoms with Gasteiger partial charge in [0.15, 0.2) is 5.75 Å². The molecule has 0 radical (unpaired) electrons. The molecule has 0 aliphatic heterocycles. The Morgan fingerprint density at radius 2 is 1.89 bits per heavy atom. The van der Waals surface area contributed by atoms with Crippen LogP contribution in [0, 0.1) is 0 Å². The number of rotatable bonds is 4. The van der Waals surface area contributed by atoms with Crippen LogP contribution in [0.1, 0.15) is 31.7 Å². The van der Waals surface area contributed by atoms with Crippen LogP contribution in [0.25, 0.3) is 0 Å². The molecule has 0 fully saturated rings. The Hall–Kier alpha value is -1.67. The number of halogens is 1. The molecule has 2 N–H and O–H groups in total. The quantitative estimate of drug-likeness (QED) is 0.776. The lowest BCUT2D eigenvalue weighted by atomic mass is 9.98. The molecule has 2 aromatic rings. The van der Waals surface area contributed by atoms with Gasteiger partial charge in [-0.25, -0.2) is 0 Å². The average Bonchev–Trinajstić information content (AvgIpc) is 2.42. The van der Waals surface area contributed by atoms with Gasteiger partial charge in [-0.3, -0.25) is 0 Å². The highest BCUT2D eigenvalue weighted by Crippen LogP contribution is 2.38. The number of ether oxygens (including phenoxy) is 1. The minimum absolute atomic E-state index is 0.430. The first-order valence-corrected chi connectivity index (χ1v) is 6.82. The smallest absolute Gasteiger partial charge is 0.168 e. The highest BCUT2D eigenvalue weighted by atomic mass is 35.5. The average molecular weight is 276 g/mol. The molecule has 2 aromatic carbocycles. The number of para-hydroxylation sites is 2. The van der Waals surface area contributed by atoms with Gasteiger partial charge in [-0.15, -0.1) is 0 Å². The molecular weight excluding hydrogens is 258 g/mol. The van der Waals surface area contributed by atoms with E-state index in [1.165, 1.54) is 5.56 Å². The summed E-state index contributed by atoms with van der Waals surface area (Å²) in [7, 11) is 0. The van der Waals surface area contributed by atoms with Crippen molar-refractivity contribution in [3.63, 3.8) is 0 Å². The van der Waals surface area contributed by atoms with Crippen LogP contribution in [-0.4, -0.2) is 0 Å². The maximum atomic E-state index is 6.14. The third-order valence-electron chi connectivity index (χ3n) is 3.27. The molecule has 1 unspecified atom stereocenters. The number of hydrogen-bond donors (Lipinski definition) is 1. The number of benzene rings is 2. The largest absolute Gasteiger partial charge is 0.453 e. The molecule has 2 nitrogen and oxygen atoms in total. The standard InChI is InChI=1S/C16H18ClNO/c1-3-11(2)12-7-4-5-10-15(12)19-16-13(17)8-6-9-14(16)18/h4-11H,3,18H2,1-2H3. The second-order valence-electron chi connectivity index (χ2n) is 4.61. The maximum Gasteiger partial charge on any atom is 0.168 e. The molecule has 0 aliphatic rings. The fourth-order valence-corrected chi connectivity index (χ4v) is 2.16. The zero-order valence-electron chi connectivity index (χ0n) is 11.2. The summed E-state index contributed by atoms with van der Waals surface area (Å²) in [5.74, 6) is 1.77. The van der Waals surface area contributed by atoms with Crippen molar-refractivity contribution in [2.24, 2.45) is 0 Å². The zero-order chi connectivity index (χ0) is 13.8. The fraction of sp³-hybridized carbons (Fsp3) is 0.250. The van der Waals surface area contributed by atoms with Crippen LogP contribution >= 0.6 is 11.6 Å². The summed E-state index contributed by atoms with van der Waals surface area (Å²) in [4.78, 5) is 0. The first kappa shape index (κ1) is 13.8. The molecule has 19 heavy (non-hydrogen) atoms. The molecule has 0 amide bonds. The minimum atomic E-state index is 0.430. The molecular formula is C16H18ClNO. The molecule has 0 bridgehead atoms. The summed E-state index contributed by atoms with van der Waals surface area (Å²) in [5, 5.41) is 0.527. The van der Waals surface area contributed by atoms with Crippen molar-refractivity contribution in [2.45, 2.75) is 26.2 Å². The van der Waals surface area contributed by atoms with Crippen molar-refractivity contribution in [1.82, 2.24) is 0 Å². The lowest BCUT2D eigenvalue weighted by Gasteiger charge is -2.17. The Labute approximate surface area is 119 Å². The second kappa shape index (κ2) is 5.98. The van der Waals surface area contributed by atoms with Crippen LogP contribution in [0.4, 0.5) is 5.69 Å². The van der Waals surface area contributed by atoms with E-state index < -0.39 is 0 Å². The first-order valence-electron chi connectivity index (χ1n) is 6.44. The molecule has 0 spiro atoms. The van der Waals surface area contributed by atoms with Gasteiger partial charge in [0, 0.05) is 0 Å². The van der Waals surface area contributed by atoms with E-state index >= 15 is 0 Å². The Morgan fingerprint density at radius 1 is 1.16 bits per heavy atom. The number of anilines is 1. The van der Waals surface area contributed by atoms with Gasteiger partial charge in [-0.1, -0.05) is 49.7 Å². The van der Waals surface area contributed by atoms with Gasteiger partial charge in [0.1, 0.15) is 5.75 Å². The summed E-state index contributed by atoms with van der Waals surface area (Å²) in [6.07, 6.45) is 1.05. The van der Waals surface area contributed by atoms with Gasteiger partial charge >= 0.3 is 0 Å². The molecule has 0 saturated carbocycles. The Kier molecular flexibility index (Phi) is 4.33. The lowest BCUT2D eigenvalue weighted by molar-refractivity contribution is 0.473. The number of nitrogens with two attached hydrogens (primary N) is 1. The normalized spacial score (nSPS) is 12.2. The summed E-state index contributed by atoms with van der Waals surface area (Å²) in [6.45, 7) is 4.34. The van der Waals surface area contributed by atoms with E-state index in [2.05, 4.69) is 19.9 Å². The minimum Gasteiger partial charge on any atom is -0.453 e. The summed E-state index contributed by atoms with van der Waals surface area (Å²) in [5.41, 5.74) is 7.64. The topological polar surface area (TPSA) is 35.2 Å². The van der Waals surface area contributed by atoms with Crippen LogP contribution in [0.2, 0.25) is 5.02 Å². The van der Waals surface area contributed by atoms with Gasteiger partial charge in [0.2, 0.25) is 0 Å². The van der Waals surface area contributed by atoms with E-state index in [1.54, 1.807) is 12.1 Å². The van der Waals surface area contributed by atoms with E-state index in [0.29, 0.717) is 22.4 Å². The van der Waals surface area contributed by atoms with Gasteiger partial charge in [0.05, 0.1) is 10.7 Å². The number of hydrogen-bond acceptors (Lipinski definition) is 2. The molecule has 0 aliphatic carbocycles.